The van der Waals surface area contributed by atoms with Crippen LogP contribution in [0, 0.1) is 0 Å². The summed E-state index contributed by atoms with van der Waals surface area (Å²) in [5.74, 6) is 0.563. The molecule has 0 heterocycles. The summed E-state index contributed by atoms with van der Waals surface area (Å²) in [4.78, 5) is 2.50. The zero-order valence-electron chi connectivity index (χ0n) is 13.9. The Balaban J connectivity index is 2.68. The van der Waals surface area contributed by atoms with Gasteiger partial charge in [-0.3, -0.25) is 4.90 Å². The summed E-state index contributed by atoms with van der Waals surface area (Å²) >= 11 is 0. The van der Waals surface area contributed by atoms with Crippen molar-refractivity contribution < 1.29 is 8.42 Å². The molecule has 0 amide bonds. The molecule has 0 aromatic heterocycles. The van der Waals surface area contributed by atoms with Gasteiger partial charge in [-0.1, -0.05) is 39.5 Å². The maximum absolute atomic E-state index is 11.7. The number of sulfone groups is 1. The molecule has 5 heteroatoms. The fourth-order valence-electron chi connectivity index (χ4n) is 3.51. The van der Waals surface area contributed by atoms with E-state index in [1.54, 1.807) is 6.92 Å². The first-order valence-electron chi connectivity index (χ1n) is 8.65. The Bertz CT molecular complexity index is 374. The van der Waals surface area contributed by atoms with Gasteiger partial charge >= 0.3 is 0 Å². The molecular formula is C16H34N2O2S. The second kappa shape index (κ2) is 9.11. The van der Waals surface area contributed by atoms with Crippen molar-refractivity contribution in [3.63, 3.8) is 0 Å². The Morgan fingerprint density at radius 1 is 1.05 bits per heavy atom. The molecular weight excluding hydrogens is 284 g/mol. The van der Waals surface area contributed by atoms with E-state index < -0.39 is 9.84 Å². The molecule has 4 nitrogen and oxygen atoms in total. The predicted octanol–water partition coefficient (Wildman–Crippen LogP) is 2.57. The van der Waals surface area contributed by atoms with Crippen molar-refractivity contribution >= 4 is 9.84 Å². The lowest BCUT2D eigenvalue weighted by Crippen LogP contribution is -2.54. The van der Waals surface area contributed by atoms with Crippen LogP contribution in [0.25, 0.3) is 0 Å². The van der Waals surface area contributed by atoms with Gasteiger partial charge in [-0.25, -0.2) is 8.42 Å². The molecule has 2 N–H and O–H groups in total. The second-order valence-electron chi connectivity index (χ2n) is 6.42. The fraction of sp³-hybridized carbons (Fsp3) is 1.00. The number of hydrogen-bond acceptors (Lipinski definition) is 4. The van der Waals surface area contributed by atoms with Crippen LogP contribution < -0.4 is 5.73 Å². The highest BCUT2D eigenvalue weighted by Gasteiger charge is 2.35. The van der Waals surface area contributed by atoms with Crippen molar-refractivity contribution in [1.29, 1.82) is 0 Å². The molecule has 126 valence electrons. The molecule has 1 aliphatic rings. The monoisotopic (exact) mass is 318 g/mol. The minimum atomic E-state index is -2.85. The summed E-state index contributed by atoms with van der Waals surface area (Å²) in [5.41, 5.74) is 6.28. The molecule has 1 aliphatic carbocycles. The van der Waals surface area contributed by atoms with Crippen LogP contribution in [-0.4, -0.2) is 50.0 Å². The summed E-state index contributed by atoms with van der Waals surface area (Å²) in [5, 5.41) is 0. The van der Waals surface area contributed by atoms with E-state index in [4.69, 9.17) is 5.73 Å². The third kappa shape index (κ3) is 5.87. The maximum Gasteiger partial charge on any atom is 0.150 e. The standard InChI is InChI=1S/C16H34N2O2S/c1-3-12-18(13-9-14-21(19,20)4-2)16(15-17)10-7-5-6-8-11-16/h3-15,17H2,1-2H3. The van der Waals surface area contributed by atoms with Crippen LogP contribution in [0.1, 0.15) is 65.2 Å². The molecule has 1 rings (SSSR count). The fourth-order valence-corrected chi connectivity index (χ4v) is 4.37. The Morgan fingerprint density at radius 2 is 1.67 bits per heavy atom. The summed E-state index contributed by atoms with van der Waals surface area (Å²) in [7, 11) is -2.85. The molecule has 0 bridgehead atoms. The SMILES string of the molecule is CCCN(CCCS(=O)(=O)CC)C1(CN)CCCCCC1. The van der Waals surface area contributed by atoms with Gasteiger partial charge in [-0.15, -0.1) is 0 Å². The summed E-state index contributed by atoms with van der Waals surface area (Å²) < 4.78 is 23.4. The Morgan fingerprint density at radius 3 is 2.14 bits per heavy atom. The van der Waals surface area contributed by atoms with Crippen molar-refractivity contribution in [3.05, 3.63) is 0 Å². The molecule has 0 aromatic carbocycles. The highest BCUT2D eigenvalue weighted by Crippen LogP contribution is 2.32. The minimum absolute atomic E-state index is 0.114. The van der Waals surface area contributed by atoms with Gasteiger partial charge in [0.25, 0.3) is 0 Å². The topological polar surface area (TPSA) is 63.4 Å². The summed E-state index contributed by atoms with van der Waals surface area (Å²) in [6.07, 6.45) is 9.31. The van der Waals surface area contributed by atoms with Gasteiger partial charge in [0, 0.05) is 17.8 Å². The first-order valence-corrected chi connectivity index (χ1v) is 10.5. The second-order valence-corrected chi connectivity index (χ2v) is 8.89. The van der Waals surface area contributed by atoms with E-state index in [0.717, 1.165) is 25.9 Å². The van der Waals surface area contributed by atoms with Crippen molar-refractivity contribution in [2.45, 2.75) is 70.8 Å². The molecule has 21 heavy (non-hydrogen) atoms. The smallest absolute Gasteiger partial charge is 0.150 e. The van der Waals surface area contributed by atoms with Crippen LogP contribution in [0.15, 0.2) is 0 Å². The maximum atomic E-state index is 11.7. The van der Waals surface area contributed by atoms with Crippen LogP contribution in [0.5, 0.6) is 0 Å². The summed E-state index contributed by atoms with van der Waals surface area (Å²) in [6.45, 7) is 6.52. The third-order valence-electron chi connectivity index (χ3n) is 4.90. The van der Waals surface area contributed by atoms with E-state index >= 15 is 0 Å². The molecule has 0 aromatic rings. The van der Waals surface area contributed by atoms with Crippen molar-refractivity contribution in [1.82, 2.24) is 4.90 Å². The van der Waals surface area contributed by atoms with Crippen LogP contribution in [0.4, 0.5) is 0 Å². The lowest BCUT2D eigenvalue weighted by Gasteiger charge is -2.43. The Labute approximate surface area is 131 Å². The normalized spacial score (nSPS) is 19.6. The lowest BCUT2D eigenvalue weighted by atomic mass is 9.87. The number of rotatable bonds is 9. The van der Waals surface area contributed by atoms with E-state index in [2.05, 4.69) is 11.8 Å². The first-order chi connectivity index (χ1) is 9.99. The minimum Gasteiger partial charge on any atom is -0.329 e. The van der Waals surface area contributed by atoms with Crippen LogP contribution in [0.3, 0.4) is 0 Å². The van der Waals surface area contributed by atoms with Crippen LogP contribution in [0.2, 0.25) is 0 Å². The first kappa shape index (κ1) is 18.9. The molecule has 0 unspecified atom stereocenters. The average molecular weight is 319 g/mol. The van der Waals surface area contributed by atoms with E-state index in [-0.39, 0.29) is 11.3 Å². The Kier molecular flexibility index (Phi) is 8.21. The highest BCUT2D eigenvalue weighted by molar-refractivity contribution is 7.91. The van der Waals surface area contributed by atoms with Crippen LogP contribution in [-0.2, 0) is 9.84 Å². The molecule has 0 spiro atoms. The van der Waals surface area contributed by atoms with Crippen LogP contribution >= 0.6 is 0 Å². The van der Waals surface area contributed by atoms with E-state index in [1.165, 1.54) is 38.5 Å². The average Bonchev–Trinajstić information content (AvgIpc) is 2.72. The summed E-state index contributed by atoms with van der Waals surface area (Å²) in [6, 6.07) is 0. The van der Waals surface area contributed by atoms with Gasteiger partial charge < -0.3 is 5.73 Å². The van der Waals surface area contributed by atoms with Crippen molar-refractivity contribution in [3.8, 4) is 0 Å². The highest BCUT2D eigenvalue weighted by atomic mass is 32.2. The predicted molar refractivity (Wildman–Crippen MR) is 90.3 cm³/mol. The number of hydrogen-bond donors (Lipinski definition) is 1. The van der Waals surface area contributed by atoms with E-state index in [9.17, 15) is 8.42 Å². The molecule has 1 saturated carbocycles. The number of nitrogens with zero attached hydrogens (tertiary/aromatic N) is 1. The molecule has 0 saturated heterocycles. The van der Waals surface area contributed by atoms with Gasteiger partial charge in [-0.05, 0) is 38.8 Å². The molecule has 0 radical (unpaired) electrons. The van der Waals surface area contributed by atoms with Gasteiger partial charge in [0.15, 0.2) is 0 Å². The van der Waals surface area contributed by atoms with Gasteiger partial charge in [0.05, 0.1) is 5.75 Å². The van der Waals surface area contributed by atoms with Crippen molar-refractivity contribution in [2.75, 3.05) is 31.1 Å². The molecule has 1 fully saturated rings. The van der Waals surface area contributed by atoms with Gasteiger partial charge in [0.2, 0.25) is 0 Å². The molecule has 0 aliphatic heterocycles. The molecule has 0 atom stereocenters. The van der Waals surface area contributed by atoms with E-state index in [1.807, 2.05) is 0 Å². The van der Waals surface area contributed by atoms with Crippen molar-refractivity contribution in [2.24, 2.45) is 5.73 Å². The quantitative estimate of drug-likeness (QED) is 0.664. The van der Waals surface area contributed by atoms with Gasteiger partial charge in [0.1, 0.15) is 9.84 Å². The zero-order chi connectivity index (χ0) is 15.8. The lowest BCUT2D eigenvalue weighted by molar-refractivity contribution is 0.0778. The third-order valence-corrected chi connectivity index (χ3v) is 6.69. The van der Waals surface area contributed by atoms with E-state index in [0.29, 0.717) is 12.3 Å². The zero-order valence-corrected chi connectivity index (χ0v) is 14.8. The van der Waals surface area contributed by atoms with Gasteiger partial charge in [-0.2, -0.15) is 0 Å². The Hall–Kier alpha value is -0.130. The number of nitrogens with two attached hydrogens (primary N) is 1. The largest absolute Gasteiger partial charge is 0.329 e.